The minimum Gasteiger partial charge on any atom is -0.497 e. The average molecular weight is 188 g/mol. The number of hydrogen-bond donors (Lipinski definition) is 1. The third kappa shape index (κ3) is 2.72. The van der Waals surface area contributed by atoms with E-state index in [1.165, 1.54) is 0 Å². The number of hydrogen-bond acceptors (Lipinski definition) is 2. The van der Waals surface area contributed by atoms with Crippen molar-refractivity contribution in [3.8, 4) is 5.75 Å². The van der Waals surface area contributed by atoms with E-state index >= 15 is 0 Å². The standard InChI is InChI=1S/C9H13NO.ClH/c1-7(10)8-3-5-9(11-2)6-4-8;/h3-7H,10H2,1-2H3;1H. The first-order valence-corrected chi connectivity index (χ1v) is 3.63. The van der Waals surface area contributed by atoms with Gasteiger partial charge in [-0.1, -0.05) is 12.1 Å². The van der Waals surface area contributed by atoms with Crippen molar-refractivity contribution >= 4 is 12.4 Å². The van der Waals surface area contributed by atoms with Crippen LogP contribution in [0.15, 0.2) is 24.3 Å². The lowest BCUT2D eigenvalue weighted by molar-refractivity contribution is 0.414. The predicted molar refractivity (Wildman–Crippen MR) is 52.8 cm³/mol. The van der Waals surface area contributed by atoms with Gasteiger partial charge in [-0.2, -0.15) is 0 Å². The lowest BCUT2D eigenvalue weighted by Crippen LogP contribution is -2.04. The van der Waals surface area contributed by atoms with Crippen LogP contribution in [-0.4, -0.2) is 7.11 Å². The molecule has 1 unspecified atom stereocenters. The van der Waals surface area contributed by atoms with Gasteiger partial charge in [0.1, 0.15) is 5.75 Å². The van der Waals surface area contributed by atoms with Crippen molar-refractivity contribution in [1.29, 1.82) is 0 Å². The highest BCUT2D eigenvalue weighted by Crippen LogP contribution is 2.14. The first-order valence-electron chi connectivity index (χ1n) is 3.63. The van der Waals surface area contributed by atoms with Crippen LogP contribution in [0.5, 0.6) is 5.75 Å². The zero-order valence-corrected chi connectivity index (χ0v) is 8.10. The summed E-state index contributed by atoms with van der Waals surface area (Å²) in [5, 5.41) is 0. The van der Waals surface area contributed by atoms with Gasteiger partial charge < -0.3 is 10.5 Å². The van der Waals surface area contributed by atoms with Crippen LogP contribution in [-0.2, 0) is 0 Å². The molecular weight excluding hydrogens is 174 g/mol. The predicted octanol–water partition coefficient (Wildman–Crippen LogP) is 2.14. The van der Waals surface area contributed by atoms with E-state index in [1.54, 1.807) is 7.11 Å². The monoisotopic (exact) mass is 187 g/mol. The van der Waals surface area contributed by atoms with E-state index in [2.05, 4.69) is 0 Å². The summed E-state index contributed by atoms with van der Waals surface area (Å²) in [5.74, 6) is 0.870. The van der Waals surface area contributed by atoms with Gasteiger partial charge in [0.15, 0.2) is 0 Å². The quantitative estimate of drug-likeness (QED) is 0.770. The average Bonchev–Trinajstić information content (AvgIpc) is 2.05. The van der Waals surface area contributed by atoms with E-state index in [0.29, 0.717) is 0 Å². The minimum atomic E-state index is 0. The second kappa shape index (κ2) is 5.01. The second-order valence-corrected chi connectivity index (χ2v) is 2.56. The van der Waals surface area contributed by atoms with Crippen LogP contribution < -0.4 is 10.5 Å². The van der Waals surface area contributed by atoms with E-state index in [9.17, 15) is 0 Å². The van der Waals surface area contributed by atoms with Gasteiger partial charge in [-0.15, -0.1) is 12.4 Å². The van der Waals surface area contributed by atoms with Gasteiger partial charge in [0.25, 0.3) is 0 Å². The van der Waals surface area contributed by atoms with Crippen LogP contribution in [0.25, 0.3) is 0 Å². The second-order valence-electron chi connectivity index (χ2n) is 2.56. The molecule has 2 nitrogen and oxygen atoms in total. The van der Waals surface area contributed by atoms with Crippen molar-refractivity contribution in [3.05, 3.63) is 29.8 Å². The van der Waals surface area contributed by atoms with Crippen molar-refractivity contribution in [2.24, 2.45) is 5.73 Å². The Morgan fingerprint density at radius 3 is 2.08 bits per heavy atom. The maximum absolute atomic E-state index is 5.66. The number of nitrogens with two attached hydrogens (primary N) is 1. The lowest BCUT2D eigenvalue weighted by atomic mass is 10.1. The van der Waals surface area contributed by atoms with Gasteiger partial charge in [-0.05, 0) is 24.6 Å². The Balaban J connectivity index is 0.00000121. The lowest BCUT2D eigenvalue weighted by Gasteiger charge is -2.05. The normalized spacial score (nSPS) is 11.6. The molecule has 0 radical (unpaired) electrons. The molecule has 1 aromatic carbocycles. The zero-order chi connectivity index (χ0) is 8.27. The van der Waals surface area contributed by atoms with E-state index in [4.69, 9.17) is 10.5 Å². The highest BCUT2D eigenvalue weighted by Gasteiger charge is 1.97. The van der Waals surface area contributed by atoms with Crippen molar-refractivity contribution in [3.63, 3.8) is 0 Å². The molecule has 12 heavy (non-hydrogen) atoms. The van der Waals surface area contributed by atoms with Gasteiger partial charge in [0.2, 0.25) is 0 Å². The molecule has 0 spiro atoms. The van der Waals surface area contributed by atoms with Crippen LogP contribution in [0.2, 0.25) is 0 Å². The number of benzene rings is 1. The fraction of sp³-hybridized carbons (Fsp3) is 0.333. The molecule has 0 amide bonds. The SMILES string of the molecule is COc1ccc(C(C)N)cc1.Cl. The molecule has 1 rings (SSSR count). The molecule has 3 heteroatoms. The number of ether oxygens (including phenoxy) is 1. The topological polar surface area (TPSA) is 35.2 Å². The maximum atomic E-state index is 5.66. The summed E-state index contributed by atoms with van der Waals surface area (Å²) in [4.78, 5) is 0. The Hall–Kier alpha value is -0.730. The maximum Gasteiger partial charge on any atom is 0.118 e. The van der Waals surface area contributed by atoms with Gasteiger partial charge in [0.05, 0.1) is 7.11 Å². The first kappa shape index (κ1) is 11.3. The third-order valence-electron chi connectivity index (χ3n) is 1.64. The van der Waals surface area contributed by atoms with Crippen molar-refractivity contribution < 1.29 is 4.74 Å². The molecule has 0 heterocycles. The number of rotatable bonds is 2. The Bertz CT molecular complexity index is 220. The summed E-state index contributed by atoms with van der Waals surface area (Å²) in [6.07, 6.45) is 0. The van der Waals surface area contributed by atoms with Crippen molar-refractivity contribution in [2.75, 3.05) is 7.11 Å². The molecule has 0 aromatic heterocycles. The van der Waals surface area contributed by atoms with Crippen LogP contribution in [0.3, 0.4) is 0 Å². The van der Waals surface area contributed by atoms with E-state index < -0.39 is 0 Å². The Morgan fingerprint density at radius 2 is 1.75 bits per heavy atom. The third-order valence-corrected chi connectivity index (χ3v) is 1.64. The number of halogens is 1. The summed E-state index contributed by atoms with van der Waals surface area (Å²) in [6, 6.07) is 7.88. The summed E-state index contributed by atoms with van der Waals surface area (Å²) in [7, 11) is 1.65. The fourth-order valence-corrected chi connectivity index (χ4v) is 0.907. The van der Waals surface area contributed by atoms with Crippen LogP contribution in [0.4, 0.5) is 0 Å². The van der Waals surface area contributed by atoms with Crippen LogP contribution in [0, 0.1) is 0 Å². The summed E-state index contributed by atoms with van der Waals surface area (Å²) in [6.45, 7) is 1.96. The Kier molecular flexibility index (Phi) is 4.71. The molecule has 68 valence electrons. The largest absolute Gasteiger partial charge is 0.497 e. The summed E-state index contributed by atoms with van der Waals surface area (Å²) in [5.41, 5.74) is 6.79. The van der Waals surface area contributed by atoms with Crippen molar-refractivity contribution in [1.82, 2.24) is 0 Å². The van der Waals surface area contributed by atoms with Crippen molar-refractivity contribution in [2.45, 2.75) is 13.0 Å². The minimum absolute atomic E-state index is 0. The molecule has 1 aromatic rings. The number of methoxy groups -OCH3 is 1. The van der Waals surface area contributed by atoms with Crippen LogP contribution >= 0.6 is 12.4 Å². The molecule has 0 aliphatic heterocycles. The summed E-state index contributed by atoms with van der Waals surface area (Å²) >= 11 is 0. The Morgan fingerprint density at radius 1 is 1.25 bits per heavy atom. The highest BCUT2D eigenvalue weighted by atomic mass is 35.5. The molecular formula is C9H14ClNO. The molecule has 0 saturated heterocycles. The Labute approximate surface area is 79.1 Å². The highest BCUT2D eigenvalue weighted by molar-refractivity contribution is 5.85. The molecule has 0 aliphatic rings. The van der Waals surface area contributed by atoms with E-state index in [1.807, 2.05) is 31.2 Å². The molecule has 2 N–H and O–H groups in total. The molecule has 0 aliphatic carbocycles. The molecule has 0 fully saturated rings. The van der Waals surface area contributed by atoms with Gasteiger partial charge in [-0.25, -0.2) is 0 Å². The summed E-state index contributed by atoms with van der Waals surface area (Å²) < 4.78 is 5.01. The van der Waals surface area contributed by atoms with Crippen LogP contribution in [0.1, 0.15) is 18.5 Å². The van der Waals surface area contributed by atoms with Gasteiger partial charge >= 0.3 is 0 Å². The molecule has 0 saturated carbocycles. The van der Waals surface area contributed by atoms with E-state index in [-0.39, 0.29) is 18.4 Å². The smallest absolute Gasteiger partial charge is 0.118 e. The zero-order valence-electron chi connectivity index (χ0n) is 7.28. The van der Waals surface area contributed by atoms with Gasteiger partial charge in [0, 0.05) is 6.04 Å². The van der Waals surface area contributed by atoms with Gasteiger partial charge in [-0.3, -0.25) is 0 Å². The molecule has 0 bridgehead atoms. The fourth-order valence-electron chi connectivity index (χ4n) is 0.907. The van der Waals surface area contributed by atoms with E-state index in [0.717, 1.165) is 11.3 Å². The molecule has 1 atom stereocenters. The first-order chi connectivity index (χ1) is 5.24.